The molecule has 0 radical (unpaired) electrons. The number of hydrogen-bond acceptors (Lipinski definition) is 5. The van der Waals surface area contributed by atoms with Crippen LogP contribution in [0.4, 0.5) is 5.82 Å². The topological polar surface area (TPSA) is 86.3 Å². The van der Waals surface area contributed by atoms with Gasteiger partial charge in [0.2, 0.25) is 0 Å². The van der Waals surface area contributed by atoms with Gasteiger partial charge in [0.1, 0.15) is 5.82 Å². The van der Waals surface area contributed by atoms with Crippen LogP contribution in [-0.2, 0) is 4.79 Å². The maximum Gasteiger partial charge on any atom is 0.267 e. The van der Waals surface area contributed by atoms with Crippen molar-refractivity contribution in [2.75, 3.05) is 18.4 Å². The molecule has 2 heterocycles. The fraction of sp³-hybridized carbons (Fsp3) is 0.600. The van der Waals surface area contributed by atoms with E-state index in [2.05, 4.69) is 15.6 Å². The van der Waals surface area contributed by atoms with Crippen LogP contribution in [0.5, 0.6) is 0 Å². The summed E-state index contributed by atoms with van der Waals surface area (Å²) >= 11 is 0. The molecule has 6 heteroatoms. The number of piperidine rings is 1. The molecule has 1 aromatic heterocycles. The molecule has 1 saturated carbocycles. The highest BCUT2D eigenvalue weighted by atomic mass is 16.5. The molecule has 1 atom stereocenters. The van der Waals surface area contributed by atoms with E-state index < -0.39 is 5.91 Å². The van der Waals surface area contributed by atoms with Crippen LogP contribution in [0, 0.1) is 5.92 Å². The molecule has 1 aromatic rings. The standard InChI is InChI=1S/C20H30N4O2/c25-19(24-26)10-8-17-7-9-18(22-14-17)23-20(11-4-12-21-15-20)13-16-5-2-1-3-6-16/h7-10,14,16,21,26H,1-6,11-13,15H2,(H,22,23)(H,24,25)/t20-/m0/s1. The van der Waals surface area contributed by atoms with Gasteiger partial charge < -0.3 is 10.6 Å². The van der Waals surface area contributed by atoms with Crippen LogP contribution in [0.2, 0.25) is 0 Å². The van der Waals surface area contributed by atoms with E-state index in [9.17, 15) is 4.79 Å². The van der Waals surface area contributed by atoms with E-state index in [0.29, 0.717) is 0 Å². The van der Waals surface area contributed by atoms with Gasteiger partial charge in [0.25, 0.3) is 5.91 Å². The number of carbonyl (C=O) groups excluding carboxylic acids is 1. The number of hydroxylamine groups is 1. The van der Waals surface area contributed by atoms with Gasteiger partial charge in [0, 0.05) is 18.8 Å². The van der Waals surface area contributed by atoms with Gasteiger partial charge in [-0.05, 0) is 55.5 Å². The molecule has 3 rings (SSSR count). The molecule has 2 fully saturated rings. The molecule has 26 heavy (non-hydrogen) atoms. The third-order valence-corrected chi connectivity index (χ3v) is 5.59. The number of rotatable bonds is 6. The van der Waals surface area contributed by atoms with Crippen LogP contribution in [0.1, 0.15) is 56.9 Å². The van der Waals surface area contributed by atoms with Gasteiger partial charge in [0.05, 0.1) is 5.54 Å². The normalized spacial score (nSPS) is 24.5. The van der Waals surface area contributed by atoms with E-state index >= 15 is 0 Å². The van der Waals surface area contributed by atoms with Crippen LogP contribution in [0.15, 0.2) is 24.4 Å². The Hall–Kier alpha value is -1.92. The number of pyridine rings is 1. The van der Waals surface area contributed by atoms with Crippen molar-refractivity contribution in [3.63, 3.8) is 0 Å². The summed E-state index contributed by atoms with van der Waals surface area (Å²) in [6.45, 7) is 2.09. The number of nitrogens with zero attached hydrogens (tertiary/aromatic N) is 1. The average molecular weight is 358 g/mol. The van der Waals surface area contributed by atoms with Crippen molar-refractivity contribution in [3.05, 3.63) is 30.0 Å². The second-order valence-corrected chi connectivity index (χ2v) is 7.68. The molecule has 0 bridgehead atoms. The lowest BCUT2D eigenvalue weighted by atomic mass is 9.76. The van der Waals surface area contributed by atoms with Crippen molar-refractivity contribution >= 4 is 17.8 Å². The second-order valence-electron chi connectivity index (χ2n) is 7.68. The zero-order valence-electron chi connectivity index (χ0n) is 15.3. The summed E-state index contributed by atoms with van der Waals surface area (Å²) in [5, 5.41) is 15.8. The number of nitrogens with one attached hydrogen (secondary N) is 3. The molecule has 0 unspecified atom stereocenters. The quantitative estimate of drug-likeness (QED) is 0.357. The van der Waals surface area contributed by atoms with E-state index in [4.69, 9.17) is 5.21 Å². The molecular weight excluding hydrogens is 328 g/mol. The molecule has 1 aliphatic carbocycles. The smallest absolute Gasteiger partial charge is 0.267 e. The first-order valence-electron chi connectivity index (χ1n) is 9.76. The maximum atomic E-state index is 11.1. The van der Waals surface area contributed by atoms with E-state index in [-0.39, 0.29) is 5.54 Å². The lowest BCUT2D eigenvalue weighted by molar-refractivity contribution is -0.124. The van der Waals surface area contributed by atoms with E-state index in [1.54, 1.807) is 17.8 Å². The number of anilines is 1. The summed E-state index contributed by atoms with van der Waals surface area (Å²) in [6.07, 6.45) is 15.1. The third kappa shape index (κ3) is 5.29. The van der Waals surface area contributed by atoms with Crippen molar-refractivity contribution < 1.29 is 10.0 Å². The summed E-state index contributed by atoms with van der Waals surface area (Å²) in [5.41, 5.74) is 2.49. The van der Waals surface area contributed by atoms with Gasteiger partial charge in [-0.15, -0.1) is 0 Å². The van der Waals surface area contributed by atoms with Gasteiger partial charge in [-0.3, -0.25) is 10.0 Å². The third-order valence-electron chi connectivity index (χ3n) is 5.59. The summed E-state index contributed by atoms with van der Waals surface area (Å²) in [5.74, 6) is 1.15. The molecule has 142 valence electrons. The number of amides is 1. The molecule has 1 saturated heterocycles. The largest absolute Gasteiger partial charge is 0.363 e. The van der Waals surface area contributed by atoms with Crippen LogP contribution in [0.25, 0.3) is 6.08 Å². The van der Waals surface area contributed by atoms with Crippen molar-refractivity contribution in [2.24, 2.45) is 5.92 Å². The van der Waals surface area contributed by atoms with Crippen molar-refractivity contribution in [3.8, 4) is 0 Å². The predicted molar refractivity (Wildman–Crippen MR) is 103 cm³/mol. The Bertz CT molecular complexity index is 603. The molecular formula is C20H30N4O2. The van der Waals surface area contributed by atoms with Crippen LogP contribution in [0.3, 0.4) is 0 Å². The van der Waals surface area contributed by atoms with Crippen molar-refractivity contribution in [1.82, 2.24) is 15.8 Å². The minimum absolute atomic E-state index is 0.0847. The molecule has 1 amide bonds. The van der Waals surface area contributed by atoms with E-state index in [0.717, 1.165) is 30.4 Å². The second kappa shape index (κ2) is 9.14. The lowest BCUT2D eigenvalue weighted by Gasteiger charge is -2.42. The Morgan fingerprint density at radius 3 is 2.81 bits per heavy atom. The molecule has 0 aromatic carbocycles. The highest BCUT2D eigenvalue weighted by Gasteiger charge is 2.35. The summed E-state index contributed by atoms with van der Waals surface area (Å²) < 4.78 is 0. The fourth-order valence-corrected chi connectivity index (χ4v) is 4.30. The Kier molecular flexibility index (Phi) is 6.63. The predicted octanol–water partition coefficient (Wildman–Crippen LogP) is 3.10. The molecule has 2 aliphatic rings. The van der Waals surface area contributed by atoms with Gasteiger partial charge >= 0.3 is 0 Å². The first kappa shape index (κ1) is 18.9. The number of aromatic nitrogens is 1. The highest BCUT2D eigenvalue weighted by molar-refractivity contribution is 5.90. The Morgan fingerprint density at radius 2 is 2.15 bits per heavy atom. The average Bonchev–Trinajstić information content (AvgIpc) is 2.68. The summed E-state index contributed by atoms with van der Waals surface area (Å²) in [7, 11) is 0. The lowest BCUT2D eigenvalue weighted by Crippen LogP contribution is -2.52. The van der Waals surface area contributed by atoms with Crippen LogP contribution in [-0.4, -0.2) is 34.7 Å². The first-order chi connectivity index (χ1) is 12.7. The van der Waals surface area contributed by atoms with E-state index in [1.165, 1.54) is 57.4 Å². The Morgan fingerprint density at radius 1 is 1.31 bits per heavy atom. The summed E-state index contributed by atoms with van der Waals surface area (Å²) in [4.78, 5) is 15.6. The van der Waals surface area contributed by atoms with E-state index in [1.807, 2.05) is 12.1 Å². The number of hydrogen-bond donors (Lipinski definition) is 4. The first-order valence-corrected chi connectivity index (χ1v) is 9.76. The van der Waals surface area contributed by atoms with Crippen LogP contribution < -0.4 is 16.1 Å². The van der Waals surface area contributed by atoms with Crippen molar-refractivity contribution in [1.29, 1.82) is 0 Å². The fourth-order valence-electron chi connectivity index (χ4n) is 4.30. The Labute approximate surface area is 155 Å². The number of carbonyl (C=O) groups is 1. The maximum absolute atomic E-state index is 11.1. The van der Waals surface area contributed by atoms with Gasteiger partial charge in [-0.25, -0.2) is 10.5 Å². The summed E-state index contributed by atoms with van der Waals surface area (Å²) in [6, 6.07) is 3.90. The van der Waals surface area contributed by atoms with Gasteiger partial charge in [-0.1, -0.05) is 32.1 Å². The molecule has 6 nitrogen and oxygen atoms in total. The van der Waals surface area contributed by atoms with Crippen molar-refractivity contribution in [2.45, 2.75) is 56.9 Å². The monoisotopic (exact) mass is 358 g/mol. The minimum atomic E-state index is -0.549. The van der Waals surface area contributed by atoms with Gasteiger partial charge in [0.15, 0.2) is 0 Å². The SMILES string of the molecule is O=C(C=Cc1ccc(N[C@]2(CC3CCCCC3)CCCNC2)nc1)NO. The van der Waals surface area contributed by atoms with Crippen LogP contribution >= 0.6 is 0 Å². The zero-order valence-corrected chi connectivity index (χ0v) is 15.3. The zero-order chi connectivity index (χ0) is 18.2. The molecule has 1 aliphatic heterocycles. The molecule has 4 N–H and O–H groups in total. The molecule has 0 spiro atoms. The minimum Gasteiger partial charge on any atom is -0.363 e. The highest BCUT2D eigenvalue weighted by Crippen LogP contribution is 2.35. The Balaban J connectivity index is 1.66. The van der Waals surface area contributed by atoms with Gasteiger partial charge in [-0.2, -0.15) is 0 Å².